The molecule has 28 heavy (non-hydrogen) atoms. The van der Waals surface area contributed by atoms with Gasteiger partial charge in [0, 0.05) is 50.7 Å². The van der Waals surface area contributed by atoms with Gasteiger partial charge >= 0.3 is 0 Å². The largest absolute Gasteiger partial charge is 0.379 e. The third kappa shape index (κ3) is 10.4. The van der Waals surface area contributed by atoms with Gasteiger partial charge in [0.15, 0.2) is 0 Å². The van der Waals surface area contributed by atoms with E-state index in [9.17, 15) is 19.2 Å². The Kier molecular flexibility index (Phi) is 11.4. The van der Waals surface area contributed by atoms with Crippen molar-refractivity contribution in [3.63, 3.8) is 0 Å². The molecule has 1 aliphatic carbocycles. The quantitative estimate of drug-likeness (QED) is 0.424. The number of hydrogen-bond donors (Lipinski definition) is 3. The van der Waals surface area contributed by atoms with E-state index in [4.69, 9.17) is 4.74 Å². The van der Waals surface area contributed by atoms with Crippen molar-refractivity contribution in [2.24, 2.45) is 11.8 Å². The van der Waals surface area contributed by atoms with Crippen LogP contribution in [0, 0.1) is 11.8 Å². The number of ether oxygens (including phenoxy) is 1. The van der Waals surface area contributed by atoms with Crippen LogP contribution in [0.3, 0.4) is 0 Å². The molecule has 0 bridgehead atoms. The third-order valence-electron chi connectivity index (χ3n) is 4.83. The van der Waals surface area contributed by atoms with Gasteiger partial charge in [-0.2, -0.15) is 0 Å². The highest BCUT2D eigenvalue weighted by atomic mass is 16.5. The molecule has 0 aliphatic heterocycles. The molecule has 0 saturated heterocycles. The summed E-state index contributed by atoms with van der Waals surface area (Å²) in [6.45, 7) is 6.60. The van der Waals surface area contributed by atoms with Gasteiger partial charge < -0.3 is 20.7 Å². The smallest absolute Gasteiger partial charge is 0.222 e. The van der Waals surface area contributed by atoms with Crippen molar-refractivity contribution in [1.29, 1.82) is 0 Å². The van der Waals surface area contributed by atoms with Crippen molar-refractivity contribution in [2.45, 2.75) is 65.3 Å². The van der Waals surface area contributed by atoms with Crippen molar-refractivity contribution in [3.05, 3.63) is 0 Å². The monoisotopic (exact) mass is 397 g/mol. The van der Waals surface area contributed by atoms with Gasteiger partial charge in [0.2, 0.25) is 17.7 Å². The molecule has 0 aromatic rings. The number of rotatable bonds is 12. The summed E-state index contributed by atoms with van der Waals surface area (Å²) in [4.78, 5) is 46.2. The maximum absolute atomic E-state index is 12.0. The molecule has 1 aliphatic rings. The number of nitrogens with one attached hydrogen (secondary N) is 3. The van der Waals surface area contributed by atoms with Crippen molar-refractivity contribution in [3.8, 4) is 0 Å². The van der Waals surface area contributed by atoms with Crippen LogP contribution in [0.4, 0.5) is 0 Å². The lowest BCUT2D eigenvalue weighted by Gasteiger charge is -2.29. The molecule has 0 aromatic heterocycles. The van der Waals surface area contributed by atoms with E-state index in [1.54, 1.807) is 0 Å². The predicted octanol–water partition coefficient (Wildman–Crippen LogP) is 0.936. The Balaban J connectivity index is 2.02. The molecule has 0 spiro atoms. The summed E-state index contributed by atoms with van der Waals surface area (Å²) in [5.41, 5.74) is 0. The topological polar surface area (TPSA) is 114 Å². The zero-order valence-corrected chi connectivity index (χ0v) is 17.3. The molecule has 1 saturated carbocycles. The van der Waals surface area contributed by atoms with Gasteiger partial charge in [0.05, 0.1) is 13.2 Å². The Morgan fingerprint density at radius 3 is 2.18 bits per heavy atom. The second-order valence-corrected chi connectivity index (χ2v) is 7.62. The fraction of sp³-hybridized carbons (Fsp3) is 0.800. The van der Waals surface area contributed by atoms with Gasteiger partial charge in [-0.1, -0.05) is 13.8 Å². The minimum absolute atomic E-state index is 0.0435. The van der Waals surface area contributed by atoms with Crippen LogP contribution in [0.5, 0.6) is 0 Å². The Bertz CT molecular complexity index is 528. The molecule has 0 unspecified atom stereocenters. The lowest BCUT2D eigenvalue weighted by atomic mass is 9.80. The van der Waals surface area contributed by atoms with E-state index in [-0.39, 0.29) is 48.4 Å². The Labute approximate surface area is 167 Å². The van der Waals surface area contributed by atoms with Crippen LogP contribution < -0.4 is 16.0 Å². The third-order valence-corrected chi connectivity index (χ3v) is 4.83. The lowest BCUT2D eigenvalue weighted by molar-refractivity contribution is -0.127. The summed E-state index contributed by atoms with van der Waals surface area (Å²) in [6.07, 6.45) is 3.90. The molecule has 3 N–H and O–H groups in total. The van der Waals surface area contributed by atoms with E-state index in [1.807, 2.05) is 13.8 Å². The average molecular weight is 398 g/mol. The number of Topliss-reactive ketones (excluding diaryl/α,β-unsaturated/α-hetero) is 1. The van der Waals surface area contributed by atoms with Crippen LogP contribution >= 0.6 is 0 Å². The molecule has 0 radical (unpaired) electrons. The number of amides is 3. The van der Waals surface area contributed by atoms with Gasteiger partial charge in [-0.3, -0.25) is 19.2 Å². The van der Waals surface area contributed by atoms with Crippen LogP contribution in [0.2, 0.25) is 0 Å². The zero-order chi connectivity index (χ0) is 20.9. The molecule has 8 heteroatoms. The maximum atomic E-state index is 12.0. The summed E-state index contributed by atoms with van der Waals surface area (Å²) in [5, 5.41) is 8.26. The summed E-state index contributed by atoms with van der Waals surface area (Å²) in [5.74, 6) is 0.201. The maximum Gasteiger partial charge on any atom is 0.222 e. The molecule has 0 atom stereocenters. The first-order chi connectivity index (χ1) is 13.3. The van der Waals surface area contributed by atoms with Crippen molar-refractivity contribution < 1.29 is 23.9 Å². The second kappa shape index (κ2) is 13.3. The summed E-state index contributed by atoms with van der Waals surface area (Å²) in [7, 11) is 0. The van der Waals surface area contributed by atoms with E-state index in [2.05, 4.69) is 16.0 Å². The van der Waals surface area contributed by atoms with Gasteiger partial charge in [-0.15, -0.1) is 0 Å². The molecule has 0 heterocycles. The van der Waals surface area contributed by atoms with Crippen molar-refractivity contribution in [1.82, 2.24) is 16.0 Å². The first-order valence-electron chi connectivity index (χ1n) is 10.2. The standard InChI is InChI=1S/C20H35N3O5/c1-14(2)20(27)16-4-6-17(7-5-16)23-19(26)9-12-28-13-11-22-18(25)8-10-21-15(3)24/h14,16-17H,4-13H2,1-3H3,(H,21,24)(H,22,25)(H,23,26). The molecular formula is C20H35N3O5. The van der Waals surface area contributed by atoms with Crippen LogP contribution in [-0.4, -0.2) is 55.8 Å². The molecule has 1 fully saturated rings. The van der Waals surface area contributed by atoms with Crippen molar-refractivity contribution >= 4 is 23.5 Å². The Morgan fingerprint density at radius 2 is 1.57 bits per heavy atom. The van der Waals surface area contributed by atoms with Gasteiger partial charge in [0.1, 0.15) is 5.78 Å². The summed E-state index contributed by atoms with van der Waals surface area (Å²) in [6, 6.07) is 0.145. The number of ketones is 1. The minimum Gasteiger partial charge on any atom is -0.379 e. The first-order valence-corrected chi connectivity index (χ1v) is 10.2. The van der Waals surface area contributed by atoms with Crippen LogP contribution in [0.1, 0.15) is 59.3 Å². The molecule has 1 rings (SSSR count). The normalized spacial score (nSPS) is 19.1. The predicted molar refractivity (Wildman–Crippen MR) is 105 cm³/mol. The van der Waals surface area contributed by atoms with E-state index < -0.39 is 0 Å². The lowest BCUT2D eigenvalue weighted by Crippen LogP contribution is -2.39. The van der Waals surface area contributed by atoms with Crippen LogP contribution in [0.25, 0.3) is 0 Å². The van der Waals surface area contributed by atoms with E-state index >= 15 is 0 Å². The van der Waals surface area contributed by atoms with Crippen LogP contribution in [-0.2, 0) is 23.9 Å². The highest BCUT2D eigenvalue weighted by Gasteiger charge is 2.28. The van der Waals surface area contributed by atoms with E-state index in [0.29, 0.717) is 32.1 Å². The Morgan fingerprint density at radius 1 is 0.893 bits per heavy atom. The molecular weight excluding hydrogens is 362 g/mol. The summed E-state index contributed by atoms with van der Waals surface area (Å²) < 4.78 is 5.37. The molecule has 160 valence electrons. The van der Waals surface area contributed by atoms with Crippen molar-refractivity contribution in [2.75, 3.05) is 26.3 Å². The fourth-order valence-electron chi connectivity index (χ4n) is 3.26. The first kappa shape index (κ1) is 24.1. The SMILES string of the molecule is CC(=O)NCCC(=O)NCCOCCC(=O)NC1CCC(C(=O)C(C)C)CC1. The van der Waals surface area contributed by atoms with Gasteiger partial charge in [0.25, 0.3) is 0 Å². The second-order valence-electron chi connectivity index (χ2n) is 7.62. The highest BCUT2D eigenvalue weighted by molar-refractivity contribution is 5.83. The minimum atomic E-state index is -0.161. The zero-order valence-electron chi connectivity index (χ0n) is 17.3. The number of carbonyl (C=O) groups excluding carboxylic acids is 4. The van der Waals surface area contributed by atoms with E-state index in [0.717, 1.165) is 25.7 Å². The fourth-order valence-corrected chi connectivity index (χ4v) is 3.26. The molecule has 0 aromatic carbocycles. The van der Waals surface area contributed by atoms with Gasteiger partial charge in [-0.25, -0.2) is 0 Å². The molecule has 3 amide bonds. The van der Waals surface area contributed by atoms with E-state index in [1.165, 1.54) is 6.92 Å². The molecule has 8 nitrogen and oxygen atoms in total. The Hall–Kier alpha value is -1.96. The number of hydrogen-bond acceptors (Lipinski definition) is 5. The highest BCUT2D eigenvalue weighted by Crippen LogP contribution is 2.27. The average Bonchev–Trinajstić information content (AvgIpc) is 2.64. The number of carbonyl (C=O) groups is 4. The summed E-state index contributed by atoms with van der Waals surface area (Å²) >= 11 is 0. The van der Waals surface area contributed by atoms with Crippen LogP contribution in [0.15, 0.2) is 0 Å². The van der Waals surface area contributed by atoms with Gasteiger partial charge in [-0.05, 0) is 25.7 Å².